The summed E-state index contributed by atoms with van der Waals surface area (Å²) in [7, 11) is 0. The Labute approximate surface area is 193 Å². The van der Waals surface area contributed by atoms with Crippen LogP contribution in [0, 0.1) is 34.3 Å². The maximum absolute atomic E-state index is 13.9. The summed E-state index contributed by atoms with van der Waals surface area (Å²) < 4.78 is 32.3. The molecule has 0 spiro atoms. The molecule has 0 bridgehead atoms. The molecule has 3 aliphatic rings. The molecule has 6 heteroatoms. The number of esters is 1. The van der Waals surface area contributed by atoms with Crippen LogP contribution in [0.3, 0.4) is 0 Å². The van der Waals surface area contributed by atoms with Gasteiger partial charge in [0.2, 0.25) is 0 Å². The number of carbonyl (C=O) groups is 1. The summed E-state index contributed by atoms with van der Waals surface area (Å²) in [6, 6.07) is 3.21. The van der Waals surface area contributed by atoms with Gasteiger partial charge in [0.25, 0.3) is 0 Å². The first-order chi connectivity index (χ1) is 15.6. The molecule has 0 saturated heterocycles. The van der Waals surface area contributed by atoms with E-state index in [0.717, 1.165) is 37.0 Å². The topological polar surface area (TPSA) is 66.8 Å². The average Bonchev–Trinajstić information content (AvgIpc) is 3.11. The minimum absolute atomic E-state index is 0.0223. The lowest BCUT2D eigenvalue weighted by Gasteiger charge is -2.59. The third-order valence-electron chi connectivity index (χ3n) is 8.03. The van der Waals surface area contributed by atoms with E-state index in [1.165, 1.54) is 18.2 Å². The Bertz CT molecular complexity index is 1070. The van der Waals surface area contributed by atoms with E-state index < -0.39 is 29.1 Å². The minimum atomic E-state index is -0.736. The second kappa shape index (κ2) is 8.65. The van der Waals surface area contributed by atoms with Crippen LogP contribution in [0.5, 0.6) is 0 Å². The fourth-order valence-electron chi connectivity index (χ4n) is 6.06. The molecule has 2 aliphatic carbocycles. The van der Waals surface area contributed by atoms with Crippen molar-refractivity contribution in [3.05, 3.63) is 77.1 Å². The van der Waals surface area contributed by atoms with Crippen LogP contribution in [0.4, 0.5) is 8.78 Å². The monoisotopic (exact) mass is 456 g/mol. The van der Waals surface area contributed by atoms with Crippen molar-refractivity contribution in [2.75, 3.05) is 6.61 Å². The van der Waals surface area contributed by atoms with Crippen molar-refractivity contribution in [3.8, 4) is 0 Å². The van der Waals surface area contributed by atoms with Crippen LogP contribution in [0.1, 0.15) is 45.1 Å². The van der Waals surface area contributed by atoms with Crippen molar-refractivity contribution in [3.63, 3.8) is 0 Å². The van der Waals surface area contributed by atoms with Gasteiger partial charge in [-0.25, -0.2) is 13.6 Å². The fraction of sp³-hybridized carbons (Fsp3) is 0.444. The zero-order valence-corrected chi connectivity index (χ0v) is 19.0. The van der Waals surface area contributed by atoms with E-state index in [-0.39, 0.29) is 35.2 Å². The number of hydrogen-bond acceptors (Lipinski definition) is 4. The van der Waals surface area contributed by atoms with Gasteiger partial charge in [0.15, 0.2) is 0 Å². The molecule has 0 amide bonds. The largest absolute Gasteiger partial charge is 0.423 e. The van der Waals surface area contributed by atoms with Crippen LogP contribution in [-0.4, -0.2) is 28.9 Å². The number of benzene rings is 1. The summed E-state index contributed by atoms with van der Waals surface area (Å²) in [6.07, 6.45) is 9.07. The van der Waals surface area contributed by atoms with E-state index >= 15 is 0 Å². The predicted molar refractivity (Wildman–Crippen MR) is 122 cm³/mol. The van der Waals surface area contributed by atoms with Gasteiger partial charge in [0.05, 0.1) is 18.3 Å². The van der Waals surface area contributed by atoms with E-state index in [1.54, 1.807) is 6.08 Å². The Morgan fingerprint density at radius 3 is 2.73 bits per heavy atom. The number of halogens is 2. The molecule has 5 unspecified atom stereocenters. The van der Waals surface area contributed by atoms with Gasteiger partial charge >= 0.3 is 5.97 Å². The van der Waals surface area contributed by atoms with Crippen LogP contribution in [0.15, 0.2) is 59.9 Å². The summed E-state index contributed by atoms with van der Waals surface area (Å²) in [5.74, 6) is -1.68. The highest BCUT2D eigenvalue weighted by atomic mass is 19.1. The smallest absolute Gasteiger partial charge is 0.343 e. The zero-order valence-electron chi connectivity index (χ0n) is 19.0. The molecule has 2 fully saturated rings. The Morgan fingerprint density at radius 2 is 2.03 bits per heavy atom. The van der Waals surface area contributed by atoms with Crippen molar-refractivity contribution < 1.29 is 28.5 Å². The van der Waals surface area contributed by atoms with E-state index in [0.29, 0.717) is 12.0 Å². The Kier molecular flexibility index (Phi) is 6.18. The first kappa shape index (κ1) is 23.6. The fourth-order valence-corrected chi connectivity index (χ4v) is 6.06. The number of fused-ring (bicyclic) bond motifs is 1. The zero-order chi connectivity index (χ0) is 24.0. The lowest BCUT2D eigenvalue weighted by atomic mass is 9.46. The molecule has 33 heavy (non-hydrogen) atoms. The van der Waals surface area contributed by atoms with Gasteiger partial charge in [-0.3, -0.25) is 0 Å². The van der Waals surface area contributed by atoms with Crippen LogP contribution < -0.4 is 0 Å². The van der Waals surface area contributed by atoms with Crippen LogP contribution >= 0.6 is 0 Å². The van der Waals surface area contributed by atoms with Crippen LogP contribution in [-0.2, 0) is 9.53 Å². The van der Waals surface area contributed by atoms with Crippen molar-refractivity contribution in [1.82, 2.24) is 0 Å². The van der Waals surface area contributed by atoms with Crippen molar-refractivity contribution >= 4 is 12.0 Å². The molecule has 4 rings (SSSR count). The second-order valence-electron chi connectivity index (χ2n) is 10.0. The molecule has 4 nitrogen and oxygen atoms in total. The third kappa shape index (κ3) is 4.11. The van der Waals surface area contributed by atoms with Gasteiger partial charge in [0.1, 0.15) is 17.4 Å². The molecule has 0 aromatic heterocycles. The molecule has 1 aromatic rings. The lowest BCUT2D eigenvalue weighted by molar-refractivity contribution is -0.145. The lowest BCUT2D eigenvalue weighted by Crippen LogP contribution is -2.57. The number of carbonyl (C=O) groups excluding carboxylic acids is 1. The predicted octanol–water partition coefficient (Wildman–Crippen LogP) is 5.09. The molecular formula is C27H30F2O4. The number of allylic oxidation sites excluding steroid dienone is 3. The Balaban J connectivity index is 1.61. The highest BCUT2D eigenvalue weighted by Gasteiger charge is 2.57. The quantitative estimate of drug-likeness (QED) is 0.489. The molecule has 1 aliphatic heterocycles. The first-order valence-corrected chi connectivity index (χ1v) is 11.3. The van der Waals surface area contributed by atoms with E-state index in [4.69, 9.17) is 4.74 Å². The maximum Gasteiger partial charge on any atom is 0.343 e. The molecule has 2 saturated carbocycles. The molecule has 2 N–H and O–H groups in total. The standard InChI is InChI=1S/C27H30F2O4/c1-16-4-9-23-26(2,11-10-24(31)27(23,3)15-30)21(16)8-6-18-13-20(33-25(18)32)12-17-5-7-19(28)14-22(17)29/h5-8,12-14,21,23-24,30-31H,1,4,9-11,15H2,2-3H3. The van der Waals surface area contributed by atoms with Gasteiger partial charge in [-0.05, 0) is 61.3 Å². The number of aliphatic hydroxyl groups excluding tert-OH is 2. The molecule has 1 aromatic carbocycles. The molecular weight excluding hydrogens is 426 g/mol. The van der Waals surface area contributed by atoms with Gasteiger partial charge in [-0.2, -0.15) is 0 Å². The third-order valence-corrected chi connectivity index (χ3v) is 8.03. The van der Waals surface area contributed by atoms with Crippen LogP contribution in [0.2, 0.25) is 0 Å². The SMILES string of the molecule is C=C1CCC2C(C)(CO)C(O)CCC2(C)C1C=CC1=CC(=Cc2ccc(F)cc2F)OC1=O. The van der Waals surface area contributed by atoms with E-state index in [1.807, 2.05) is 13.0 Å². The summed E-state index contributed by atoms with van der Waals surface area (Å²) in [5.41, 5.74) is 0.740. The van der Waals surface area contributed by atoms with Gasteiger partial charge < -0.3 is 14.9 Å². The number of ether oxygens (including phenoxy) is 1. The molecule has 0 radical (unpaired) electrons. The van der Waals surface area contributed by atoms with E-state index in [2.05, 4.69) is 13.5 Å². The summed E-state index contributed by atoms with van der Waals surface area (Å²) in [6.45, 7) is 8.34. The van der Waals surface area contributed by atoms with Gasteiger partial charge in [0, 0.05) is 23.0 Å². The number of cyclic esters (lactones) is 1. The summed E-state index contributed by atoms with van der Waals surface area (Å²) >= 11 is 0. The minimum Gasteiger partial charge on any atom is -0.423 e. The molecule has 176 valence electrons. The summed E-state index contributed by atoms with van der Waals surface area (Å²) in [5, 5.41) is 20.8. The van der Waals surface area contributed by atoms with Gasteiger partial charge in [-0.15, -0.1) is 0 Å². The maximum atomic E-state index is 13.9. The highest BCUT2D eigenvalue weighted by Crippen LogP contribution is 2.61. The van der Waals surface area contributed by atoms with Crippen molar-refractivity contribution in [2.45, 2.75) is 45.6 Å². The first-order valence-electron chi connectivity index (χ1n) is 11.3. The average molecular weight is 457 g/mol. The molecule has 5 atom stereocenters. The van der Waals surface area contributed by atoms with Crippen molar-refractivity contribution in [2.24, 2.45) is 22.7 Å². The normalized spacial score (nSPS) is 35.6. The molecule has 1 heterocycles. The number of rotatable bonds is 4. The highest BCUT2D eigenvalue weighted by molar-refractivity contribution is 5.96. The van der Waals surface area contributed by atoms with Crippen molar-refractivity contribution in [1.29, 1.82) is 0 Å². The van der Waals surface area contributed by atoms with E-state index in [9.17, 15) is 23.8 Å². The Hall–Kier alpha value is -2.57. The number of aliphatic hydroxyl groups is 2. The van der Waals surface area contributed by atoms with Crippen LogP contribution in [0.25, 0.3) is 6.08 Å². The Morgan fingerprint density at radius 1 is 1.27 bits per heavy atom. The van der Waals surface area contributed by atoms with Gasteiger partial charge in [-0.1, -0.05) is 38.2 Å². The second-order valence-corrected chi connectivity index (χ2v) is 10.0. The summed E-state index contributed by atoms with van der Waals surface area (Å²) in [4.78, 5) is 12.4. The number of hydrogen-bond donors (Lipinski definition) is 2.